The van der Waals surface area contributed by atoms with Crippen LogP contribution in [0, 0.1) is 0 Å². The molecule has 0 unspecified atom stereocenters. The number of anilines is 2. The quantitative estimate of drug-likeness (QED) is 0.0892. The number of hydrogen-bond acceptors (Lipinski definition) is 4. The van der Waals surface area contributed by atoms with Crippen LogP contribution in [0.5, 0.6) is 11.5 Å². The highest BCUT2D eigenvalue weighted by Crippen LogP contribution is 2.34. The Balaban J connectivity index is 2.02. The Bertz CT molecular complexity index is 1350. The molecule has 0 radical (unpaired) electrons. The minimum atomic E-state index is -1.13. The van der Waals surface area contributed by atoms with Crippen molar-refractivity contribution in [1.82, 2.24) is 0 Å². The zero-order valence-electron chi connectivity index (χ0n) is 26.9. The minimum absolute atomic E-state index is 0.223. The Morgan fingerprint density at radius 3 is 1.71 bits per heavy atom. The molecule has 0 aliphatic rings. The molecular formula is C37H46N2O6. The van der Waals surface area contributed by atoms with Crippen LogP contribution in [0.3, 0.4) is 0 Å². The van der Waals surface area contributed by atoms with E-state index in [1.807, 2.05) is 24.3 Å². The third kappa shape index (κ3) is 11.4. The van der Waals surface area contributed by atoms with Gasteiger partial charge in [-0.15, -0.1) is 0 Å². The first-order valence-corrected chi connectivity index (χ1v) is 15.5. The van der Waals surface area contributed by atoms with Gasteiger partial charge in [0.1, 0.15) is 11.5 Å². The van der Waals surface area contributed by atoms with E-state index in [2.05, 4.69) is 39.8 Å². The van der Waals surface area contributed by atoms with E-state index in [1.165, 1.54) is 11.1 Å². The van der Waals surface area contributed by atoms with Crippen LogP contribution in [0.4, 0.5) is 21.0 Å². The van der Waals surface area contributed by atoms with E-state index in [9.17, 15) is 19.8 Å². The number of nitrogens with zero attached hydrogens (tertiary/aromatic N) is 2. The Kier molecular flexibility index (Phi) is 14.0. The molecule has 2 N–H and O–H groups in total. The molecule has 3 aromatic carbocycles. The van der Waals surface area contributed by atoms with E-state index in [-0.39, 0.29) is 13.5 Å². The van der Waals surface area contributed by atoms with Crippen molar-refractivity contribution >= 4 is 23.6 Å². The highest BCUT2D eigenvalue weighted by atomic mass is 16.5. The van der Waals surface area contributed by atoms with Gasteiger partial charge in [-0.3, -0.25) is 0 Å². The molecule has 3 rings (SSSR count). The zero-order valence-corrected chi connectivity index (χ0v) is 26.9. The van der Waals surface area contributed by atoms with E-state index in [4.69, 9.17) is 9.47 Å². The molecule has 0 fully saturated rings. The Morgan fingerprint density at radius 2 is 1.27 bits per heavy atom. The van der Waals surface area contributed by atoms with E-state index in [0.29, 0.717) is 29.3 Å². The van der Waals surface area contributed by atoms with Crippen molar-refractivity contribution in [2.45, 2.75) is 72.6 Å². The molecule has 8 heteroatoms. The predicted molar refractivity (Wildman–Crippen MR) is 181 cm³/mol. The molecule has 0 aromatic heterocycles. The highest BCUT2D eigenvalue weighted by Gasteiger charge is 2.20. The second-order valence-electron chi connectivity index (χ2n) is 11.2. The molecule has 0 bridgehead atoms. The van der Waals surface area contributed by atoms with Gasteiger partial charge in [0.15, 0.2) is 13.5 Å². The number of aryl methyl sites for hydroxylation is 1. The first-order valence-electron chi connectivity index (χ1n) is 15.5. The van der Waals surface area contributed by atoms with E-state index < -0.39 is 12.2 Å². The number of hydrogen-bond donors (Lipinski definition) is 2. The second kappa shape index (κ2) is 18.2. The summed E-state index contributed by atoms with van der Waals surface area (Å²) in [6.07, 6.45) is 8.24. The van der Waals surface area contributed by atoms with E-state index in [0.717, 1.165) is 59.5 Å². The SMILES string of the molecule is CCCCCc1cc(OCN(C(=O)O)c2ccccc2)c(CC=C(C)CCC=C(C)C)c(OCN(C(=O)O)c2ccccc2)c1. The van der Waals surface area contributed by atoms with Gasteiger partial charge in [-0.1, -0.05) is 79.5 Å². The largest absolute Gasteiger partial charge is 0.472 e. The van der Waals surface area contributed by atoms with Crippen LogP contribution in [0.15, 0.2) is 96.1 Å². The lowest BCUT2D eigenvalue weighted by atomic mass is 10.00. The van der Waals surface area contributed by atoms with Crippen LogP contribution in [0.2, 0.25) is 0 Å². The molecule has 2 amide bonds. The number of amides is 2. The maximum Gasteiger partial charge on any atom is 0.414 e. The van der Waals surface area contributed by atoms with Gasteiger partial charge in [-0.05, 0) is 94.8 Å². The van der Waals surface area contributed by atoms with Crippen LogP contribution in [0.25, 0.3) is 0 Å². The lowest BCUT2D eigenvalue weighted by Crippen LogP contribution is -2.34. The van der Waals surface area contributed by atoms with Gasteiger partial charge in [-0.2, -0.15) is 0 Å². The third-order valence-electron chi connectivity index (χ3n) is 7.34. The maximum atomic E-state index is 12.2. The van der Waals surface area contributed by atoms with Gasteiger partial charge in [0.25, 0.3) is 0 Å². The zero-order chi connectivity index (χ0) is 32.6. The minimum Gasteiger partial charge on any atom is -0.472 e. The van der Waals surface area contributed by atoms with E-state index in [1.54, 1.807) is 48.5 Å². The summed E-state index contributed by atoms with van der Waals surface area (Å²) in [5, 5.41) is 20.0. The normalized spacial score (nSPS) is 11.1. The van der Waals surface area contributed by atoms with Crippen molar-refractivity contribution in [3.63, 3.8) is 0 Å². The fourth-order valence-corrected chi connectivity index (χ4v) is 4.79. The highest BCUT2D eigenvalue weighted by molar-refractivity contribution is 5.86. The van der Waals surface area contributed by atoms with Crippen molar-refractivity contribution in [3.8, 4) is 11.5 Å². The summed E-state index contributed by atoms with van der Waals surface area (Å²) >= 11 is 0. The number of rotatable bonds is 17. The average molecular weight is 615 g/mol. The van der Waals surface area contributed by atoms with Crippen molar-refractivity contribution < 1.29 is 29.3 Å². The van der Waals surface area contributed by atoms with Crippen LogP contribution < -0.4 is 19.3 Å². The van der Waals surface area contributed by atoms with Crippen molar-refractivity contribution in [2.75, 3.05) is 23.3 Å². The number of ether oxygens (including phenoxy) is 2. The molecule has 0 aliphatic carbocycles. The number of unbranched alkanes of at least 4 members (excludes halogenated alkanes) is 2. The van der Waals surface area contributed by atoms with Crippen LogP contribution in [0.1, 0.15) is 70.9 Å². The van der Waals surface area contributed by atoms with Crippen LogP contribution >= 0.6 is 0 Å². The molecule has 3 aromatic rings. The van der Waals surface area contributed by atoms with Gasteiger partial charge in [-0.25, -0.2) is 19.4 Å². The first kappa shape index (κ1) is 34.8. The Morgan fingerprint density at radius 1 is 0.756 bits per heavy atom. The van der Waals surface area contributed by atoms with Crippen molar-refractivity contribution in [1.29, 1.82) is 0 Å². The number of benzene rings is 3. The summed E-state index contributed by atoms with van der Waals surface area (Å²) < 4.78 is 12.6. The smallest absolute Gasteiger partial charge is 0.414 e. The molecule has 240 valence electrons. The van der Waals surface area contributed by atoms with Gasteiger partial charge in [0.2, 0.25) is 0 Å². The monoisotopic (exact) mass is 614 g/mol. The van der Waals surface area contributed by atoms with Gasteiger partial charge >= 0.3 is 12.2 Å². The second-order valence-corrected chi connectivity index (χ2v) is 11.2. The van der Waals surface area contributed by atoms with Crippen LogP contribution in [-0.2, 0) is 12.8 Å². The maximum absolute atomic E-state index is 12.2. The average Bonchev–Trinajstić information content (AvgIpc) is 3.01. The summed E-state index contributed by atoms with van der Waals surface area (Å²) in [6.45, 7) is 7.95. The topological polar surface area (TPSA) is 99.5 Å². The van der Waals surface area contributed by atoms with Gasteiger partial charge in [0, 0.05) is 5.56 Å². The molecular weight excluding hydrogens is 568 g/mol. The molecule has 0 aliphatic heterocycles. The lowest BCUT2D eigenvalue weighted by molar-refractivity contribution is 0.192. The standard InChI is InChI=1S/C37H46N2O6/c1-5-6-9-17-30-24-34(44-26-38(36(40)41)31-18-10-7-11-19-31)33(23-22-29(4)16-14-15-28(2)3)35(25-30)45-27-39(37(42)43)32-20-12-8-13-21-32/h7-8,10-13,15,18-22,24-25H,5-6,9,14,16-17,23,26-27H2,1-4H3,(H,40,41)(H,42,43). The summed E-state index contributed by atoms with van der Waals surface area (Å²) in [7, 11) is 0. The van der Waals surface area contributed by atoms with E-state index >= 15 is 0 Å². The first-order chi connectivity index (χ1) is 21.7. The molecule has 45 heavy (non-hydrogen) atoms. The Labute approximate surface area is 267 Å². The molecule has 8 nitrogen and oxygen atoms in total. The number of allylic oxidation sites excluding steroid dienone is 4. The van der Waals surface area contributed by atoms with Crippen molar-refractivity contribution in [2.24, 2.45) is 0 Å². The van der Waals surface area contributed by atoms with Gasteiger partial charge < -0.3 is 19.7 Å². The van der Waals surface area contributed by atoms with Crippen molar-refractivity contribution in [3.05, 3.63) is 107 Å². The third-order valence-corrected chi connectivity index (χ3v) is 7.34. The van der Waals surface area contributed by atoms with Gasteiger partial charge in [0.05, 0.1) is 11.4 Å². The fraction of sp³-hybridized carbons (Fsp3) is 0.351. The summed E-state index contributed by atoms with van der Waals surface area (Å²) in [5.74, 6) is 1.02. The summed E-state index contributed by atoms with van der Waals surface area (Å²) in [6, 6.07) is 21.6. The van der Waals surface area contributed by atoms with Crippen LogP contribution in [-0.4, -0.2) is 35.9 Å². The number of para-hydroxylation sites is 2. The molecule has 0 saturated heterocycles. The Hall–Kier alpha value is -4.72. The fourth-order valence-electron chi connectivity index (χ4n) is 4.79. The molecule has 0 saturated carbocycles. The summed E-state index contributed by atoms with van der Waals surface area (Å²) in [5.41, 5.74) is 5.17. The lowest BCUT2D eigenvalue weighted by Gasteiger charge is -2.24. The molecule has 0 spiro atoms. The number of carbonyl (C=O) groups is 2. The molecule has 0 heterocycles. The number of carboxylic acid groups (broad SMARTS) is 2. The predicted octanol–water partition coefficient (Wildman–Crippen LogP) is 9.70. The molecule has 0 atom stereocenters. The summed E-state index contributed by atoms with van der Waals surface area (Å²) in [4.78, 5) is 26.7.